The summed E-state index contributed by atoms with van der Waals surface area (Å²) in [5.41, 5.74) is 0.517. The Labute approximate surface area is 139 Å². The molecule has 0 bridgehead atoms. The van der Waals surface area contributed by atoms with Crippen LogP contribution in [-0.4, -0.2) is 42.9 Å². The molecule has 6 nitrogen and oxygen atoms in total. The minimum Gasteiger partial charge on any atom is -0.444 e. The molecule has 0 aliphatic carbocycles. The van der Waals surface area contributed by atoms with Crippen LogP contribution in [0.5, 0.6) is 0 Å². The Balaban J connectivity index is 2.72. The van der Waals surface area contributed by atoms with E-state index in [4.69, 9.17) is 13.8 Å². The number of hydrogen-bond donors (Lipinski definition) is 0. The molecule has 1 amide bonds. The number of nitrogens with zero attached hydrogens (tertiary/aromatic N) is 1. The maximum atomic E-state index is 12.6. The highest BCUT2D eigenvalue weighted by molar-refractivity contribution is 7.57. The average molecular weight is 347 g/mol. The van der Waals surface area contributed by atoms with Gasteiger partial charge in [-0.1, -0.05) is 5.57 Å². The van der Waals surface area contributed by atoms with Gasteiger partial charge in [0.25, 0.3) is 0 Å². The Bertz CT molecular complexity index is 460. The van der Waals surface area contributed by atoms with Gasteiger partial charge in [-0.3, -0.25) is 4.57 Å². The highest BCUT2D eigenvalue weighted by Crippen LogP contribution is 2.51. The third kappa shape index (κ3) is 7.51. The van der Waals surface area contributed by atoms with Gasteiger partial charge in [-0.05, 0) is 53.9 Å². The number of hydrogen-bond acceptors (Lipinski definition) is 5. The van der Waals surface area contributed by atoms with Crippen molar-refractivity contribution in [1.82, 2.24) is 4.90 Å². The van der Waals surface area contributed by atoms with Gasteiger partial charge in [-0.25, -0.2) is 4.79 Å². The summed E-state index contributed by atoms with van der Waals surface area (Å²) in [6.45, 7) is 11.0. The first-order valence-corrected chi connectivity index (χ1v) is 9.87. The van der Waals surface area contributed by atoms with Crippen LogP contribution in [0.3, 0.4) is 0 Å². The summed E-state index contributed by atoms with van der Waals surface area (Å²) in [6, 6.07) is 0. The van der Waals surface area contributed by atoms with E-state index in [0.717, 1.165) is 18.4 Å². The van der Waals surface area contributed by atoms with Crippen molar-refractivity contribution < 1.29 is 23.1 Å². The molecule has 1 aliphatic heterocycles. The Morgan fingerprint density at radius 2 is 1.78 bits per heavy atom. The van der Waals surface area contributed by atoms with Gasteiger partial charge in [0.1, 0.15) is 5.60 Å². The lowest BCUT2D eigenvalue weighted by Gasteiger charge is -2.26. The van der Waals surface area contributed by atoms with Crippen LogP contribution < -0.4 is 0 Å². The average Bonchev–Trinajstić information content (AvgIpc) is 2.62. The number of amides is 1. The Morgan fingerprint density at radius 1 is 1.17 bits per heavy atom. The molecule has 0 N–H and O–H groups in total. The molecule has 0 aromatic rings. The van der Waals surface area contributed by atoms with Gasteiger partial charge in [-0.2, -0.15) is 0 Å². The smallest absolute Gasteiger partial charge is 0.410 e. The summed E-state index contributed by atoms with van der Waals surface area (Å²) in [6.07, 6.45) is 1.95. The molecule has 1 rings (SSSR count). The zero-order chi connectivity index (χ0) is 17.5. The summed E-state index contributed by atoms with van der Waals surface area (Å²) in [7, 11) is -3.18. The molecule has 0 spiro atoms. The molecule has 0 saturated carbocycles. The van der Waals surface area contributed by atoms with Crippen molar-refractivity contribution in [1.29, 1.82) is 0 Å². The van der Waals surface area contributed by atoms with Gasteiger partial charge in [0.2, 0.25) is 0 Å². The molecule has 1 aliphatic rings. The summed E-state index contributed by atoms with van der Waals surface area (Å²) in [4.78, 5) is 13.9. The fourth-order valence-electron chi connectivity index (χ4n) is 2.35. The second kappa shape index (κ2) is 8.86. The first-order valence-electron chi connectivity index (χ1n) is 8.26. The van der Waals surface area contributed by atoms with Crippen molar-refractivity contribution >= 4 is 13.7 Å². The first kappa shape index (κ1) is 20.2. The number of ether oxygens (including phenoxy) is 1. The standard InChI is InChI=1S/C16H30NO5P/c1-6-20-23(19,21-7-2)13-14-9-8-11-17(12-10-14)15(18)22-16(3,4)5/h13H,6-12H2,1-5H3/b14-13+. The second-order valence-corrected chi connectivity index (χ2v) is 8.34. The Kier molecular flexibility index (Phi) is 7.78. The molecule has 23 heavy (non-hydrogen) atoms. The third-order valence-electron chi connectivity index (χ3n) is 3.24. The quantitative estimate of drug-likeness (QED) is 0.682. The SMILES string of the molecule is CCOP(=O)(/C=C1\CCCN(C(=O)OC(C)(C)C)CC1)OCC. The van der Waals surface area contributed by atoms with Gasteiger partial charge >= 0.3 is 13.7 Å². The van der Waals surface area contributed by atoms with E-state index >= 15 is 0 Å². The van der Waals surface area contributed by atoms with E-state index in [1.807, 2.05) is 20.8 Å². The van der Waals surface area contributed by atoms with Gasteiger partial charge in [0.15, 0.2) is 0 Å². The van der Waals surface area contributed by atoms with Gasteiger partial charge in [0.05, 0.1) is 13.2 Å². The zero-order valence-electron chi connectivity index (χ0n) is 15.0. The van der Waals surface area contributed by atoms with Crippen LogP contribution >= 0.6 is 7.60 Å². The van der Waals surface area contributed by atoms with Crippen molar-refractivity contribution in [3.05, 3.63) is 11.4 Å². The van der Waals surface area contributed by atoms with Crippen LogP contribution in [0.15, 0.2) is 11.4 Å². The Morgan fingerprint density at radius 3 is 2.30 bits per heavy atom. The maximum absolute atomic E-state index is 12.6. The van der Waals surface area contributed by atoms with Gasteiger partial charge in [0, 0.05) is 18.9 Å². The molecule has 7 heteroatoms. The number of rotatable bonds is 5. The molecular weight excluding hydrogens is 317 g/mol. The van der Waals surface area contributed by atoms with Gasteiger partial charge in [-0.15, -0.1) is 0 Å². The summed E-state index contributed by atoms with van der Waals surface area (Å²) in [5, 5.41) is 0. The second-order valence-electron chi connectivity index (χ2n) is 6.48. The molecular formula is C16H30NO5P. The minimum absolute atomic E-state index is 0.295. The van der Waals surface area contributed by atoms with E-state index in [0.29, 0.717) is 32.7 Å². The van der Waals surface area contributed by atoms with Crippen molar-refractivity contribution in [3.8, 4) is 0 Å². The van der Waals surface area contributed by atoms with Crippen molar-refractivity contribution in [2.24, 2.45) is 0 Å². The van der Waals surface area contributed by atoms with E-state index in [1.165, 1.54) is 0 Å². The topological polar surface area (TPSA) is 65.1 Å². The lowest BCUT2D eigenvalue weighted by atomic mass is 10.1. The van der Waals surface area contributed by atoms with E-state index in [9.17, 15) is 9.36 Å². The Hall–Kier alpha value is -0.840. The summed E-state index contributed by atoms with van der Waals surface area (Å²) < 4.78 is 28.6. The lowest BCUT2D eigenvalue weighted by Crippen LogP contribution is -2.37. The van der Waals surface area contributed by atoms with E-state index in [-0.39, 0.29) is 6.09 Å². The third-order valence-corrected chi connectivity index (χ3v) is 5.16. The number of likely N-dealkylation sites (tertiary alicyclic amines) is 1. The normalized spacial score (nSPS) is 18.8. The van der Waals surface area contributed by atoms with Crippen LogP contribution in [0.2, 0.25) is 0 Å². The van der Waals surface area contributed by atoms with Crippen LogP contribution in [0.4, 0.5) is 4.79 Å². The first-order chi connectivity index (χ1) is 10.7. The van der Waals surface area contributed by atoms with Crippen molar-refractivity contribution in [2.75, 3.05) is 26.3 Å². The fraction of sp³-hybridized carbons (Fsp3) is 0.812. The minimum atomic E-state index is -3.18. The predicted octanol–water partition coefficient (Wildman–Crippen LogP) is 4.56. The lowest BCUT2D eigenvalue weighted by molar-refractivity contribution is 0.0258. The molecule has 0 unspecified atom stereocenters. The number of carbonyl (C=O) groups is 1. The molecule has 1 heterocycles. The highest BCUT2D eigenvalue weighted by atomic mass is 31.2. The maximum Gasteiger partial charge on any atom is 0.410 e. The molecule has 134 valence electrons. The largest absolute Gasteiger partial charge is 0.444 e. The molecule has 0 radical (unpaired) electrons. The van der Waals surface area contributed by atoms with Crippen LogP contribution in [0, 0.1) is 0 Å². The zero-order valence-corrected chi connectivity index (χ0v) is 15.9. The van der Waals surface area contributed by atoms with Crippen LogP contribution in [0.1, 0.15) is 53.9 Å². The molecule has 0 atom stereocenters. The van der Waals surface area contributed by atoms with E-state index < -0.39 is 13.2 Å². The van der Waals surface area contributed by atoms with Crippen molar-refractivity contribution in [3.63, 3.8) is 0 Å². The fourth-order valence-corrected chi connectivity index (χ4v) is 3.99. The molecule has 0 aromatic carbocycles. The summed E-state index contributed by atoms with van der Waals surface area (Å²) >= 11 is 0. The number of carbonyl (C=O) groups excluding carboxylic acids is 1. The van der Waals surface area contributed by atoms with E-state index in [1.54, 1.807) is 24.6 Å². The van der Waals surface area contributed by atoms with E-state index in [2.05, 4.69) is 0 Å². The van der Waals surface area contributed by atoms with Crippen LogP contribution in [-0.2, 0) is 18.3 Å². The molecule has 0 aromatic heterocycles. The summed E-state index contributed by atoms with van der Waals surface area (Å²) in [5.74, 6) is 1.64. The van der Waals surface area contributed by atoms with Crippen molar-refractivity contribution in [2.45, 2.75) is 59.5 Å². The highest BCUT2D eigenvalue weighted by Gasteiger charge is 2.26. The van der Waals surface area contributed by atoms with Gasteiger partial charge < -0.3 is 18.7 Å². The predicted molar refractivity (Wildman–Crippen MR) is 90.6 cm³/mol. The molecule has 1 fully saturated rings. The van der Waals surface area contributed by atoms with Crippen LogP contribution in [0.25, 0.3) is 0 Å². The monoisotopic (exact) mass is 347 g/mol. The molecule has 1 saturated heterocycles.